The minimum Gasteiger partial charge on any atom is -0.475 e. The van der Waals surface area contributed by atoms with Crippen molar-refractivity contribution in [3.05, 3.63) is 42.4 Å². The SMILES string of the molecule is CC(C)(O)COc1ccc(-c2cnc3[nH]cc(/C=C/C(N)=O)c3n2)cn1. The first kappa shape index (κ1) is 17.6. The molecule has 0 atom stereocenters. The molecule has 0 fully saturated rings. The van der Waals surface area contributed by atoms with Crippen LogP contribution in [0.2, 0.25) is 0 Å². The molecule has 26 heavy (non-hydrogen) atoms. The predicted octanol–water partition coefficient (Wildman–Crippen LogP) is 1.67. The predicted molar refractivity (Wildman–Crippen MR) is 97.1 cm³/mol. The molecule has 8 nitrogen and oxygen atoms in total. The van der Waals surface area contributed by atoms with Crippen molar-refractivity contribution in [3.63, 3.8) is 0 Å². The van der Waals surface area contributed by atoms with Crippen LogP contribution in [0.5, 0.6) is 5.88 Å². The number of primary amides is 1. The number of aromatic amines is 1. The fourth-order valence-corrected chi connectivity index (χ4v) is 2.22. The second-order valence-corrected chi connectivity index (χ2v) is 6.42. The summed E-state index contributed by atoms with van der Waals surface area (Å²) < 4.78 is 5.44. The third-order valence-corrected chi connectivity index (χ3v) is 3.44. The number of nitrogens with zero attached hydrogens (tertiary/aromatic N) is 3. The van der Waals surface area contributed by atoms with Crippen LogP contribution >= 0.6 is 0 Å². The molecule has 0 aliphatic rings. The number of hydrogen-bond donors (Lipinski definition) is 3. The van der Waals surface area contributed by atoms with E-state index >= 15 is 0 Å². The first-order valence-electron chi connectivity index (χ1n) is 7.95. The maximum Gasteiger partial charge on any atom is 0.241 e. The van der Waals surface area contributed by atoms with E-state index in [-0.39, 0.29) is 6.61 Å². The summed E-state index contributed by atoms with van der Waals surface area (Å²) in [6.45, 7) is 3.46. The van der Waals surface area contributed by atoms with E-state index in [9.17, 15) is 9.90 Å². The maximum atomic E-state index is 10.9. The Morgan fingerprint density at radius 3 is 2.81 bits per heavy atom. The van der Waals surface area contributed by atoms with Gasteiger partial charge in [-0.05, 0) is 26.0 Å². The first-order valence-corrected chi connectivity index (χ1v) is 7.95. The average Bonchev–Trinajstić information content (AvgIpc) is 3.00. The molecule has 1 amide bonds. The summed E-state index contributed by atoms with van der Waals surface area (Å²) in [5, 5.41) is 9.69. The minimum atomic E-state index is -0.931. The lowest BCUT2D eigenvalue weighted by atomic mass is 10.2. The summed E-state index contributed by atoms with van der Waals surface area (Å²) in [6, 6.07) is 3.52. The zero-order valence-corrected chi connectivity index (χ0v) is 14.4. The molecule has 0 unspecified atom stereocenters. The lowest BCUT2D eigenvalue weighted by Gasteiger charge is -2.17. The quantitative estimate of drug-likeness (QED) is 0.579. The lowest BCUT2D eigenvalue weighted by Crippen LogP contribution is -2.28. The van der Waals surface area contributed by atoms with Crippen LogP contribution in [0.15, 0.2) is 36.8 Å². The van der Waals surface area contributed by atoms with E-state index in [4.69, 9.17) is 10.5 Å². The lowest BCUT2D eigenvalue weighted by molar-refractivity contribution is -0.113. The van der Waals surface area contributed by atoms with Gasteiger partial charge in [0.25, 0.3) is 0 Å². The molecule has 0 saturated heterocycles. The van der Waals surface area contributed by atoms with E-state index in [1.807, 2.05) is 6.07 Å². The number of pyridine rings is 1. The van der Waals surface area contributed by atoms with E-state index in [0.717, 1.165) is 5.56 Å². The number of carbonyl (C=O) groups excluding carboxylic acids is 1. The van der Waals surface area contributed by atoms with Crippen LogP contribution in [0.4, 0.5) is 0 Å². The van der Waals surface area contributed by atoms with Gasteiger partial charge in [-0.1, -0.05) is 0 Å². The number of carbonyl (C=O) groups is 1. The van der Waals surface area contributed by atoms with E-state index in [0.29, 0.717) is 28.3 Å². The number of amides is 1. The number of aliphatic hydroxyl groups is 1. The number of nitrogens with two attached hydrogens (primary N) is 1. The molecule has 0 saturated carbocycles. The van der Waals surface area contributed by atoms with Crippen LogP contribution in [0.25, 0.3) is 28.5 Å². The van der Waals surface area contributed by atoms with E-state index < -0.39 is 11.5 Å². The molecule has 3 rings (SSSR count). The number of aromatic nitrogens is 4. The summed E-state index contributed by atoms with van der Waals surface area (Å²) in [5.41, 5.74) is 7.55. The highest BCUT2D eigenvalue weighted by atomic mass is 16.5. The summed E-state index contributed by atoms with van der Waals surface area (Å²) in [6.07, 6.45) is 7.83. The number of H-pyrrole nitrogens is 1. The third kappa shape index (κ3) is 4.22. The Balaban J connectivity index is 1.85. The van der Waals surface area contributed by atoms with Crippen LogP contribution in [-0.2, 0) is 4.79 Å². The molecule has 134 valence electrons. The van der Waals surface area contributed by atoms with Gasteiger partial charge in [-0.3, -0.25) is 4.79 Å². The first-order chi connectivity index (χ1) is 12.3. The highest BCUT2D eigenvalue weighted by Gasteiger charge is 2.14. The van der Waals surface area contributed by atoms with Gasteiger partial charge in [-0.15, -0.1) is 0 Å². The molecule has 0 bridgehead atoms. The molecule has 3 aromatic rings. The van der Waals surface area contributed by atoms with Crippen LogP contribution in [0, 0.1) is 0 Å². The number of fused-ring (bicyclic) bond motifs is 1. The highest BCUT2D eigenvalue weighted by molar-refractivity contribution is 5.93. The van der Waals surface area contributed by atoms with Gasteiger partial charge < -0.3 is 20.6 Å². The molecular weight excluding hydrogens is 334 g/mol. The second-order valence-electron chi connectivity index (χ2n) is 6.42. The van der Waals surface area contributed by atoms with Gasteiger partial charge in [-0.25, -0.2) is 15.0 Å². The molecule has 0 aliphatic heterocycles. The monoisotopic (exact) mass is 353 g/mol. The topological polar surface area (TPSA) is 127 Å². The van der Waals surface area contributed by atoms with Crippen molar-refractivity contribution in [2.75, 3.05) is 6.61 Å². The zero-order chi connectivity index (χ0) is 18.7. The van der Waals surface area contributed by atoms with Crippen LogP contribution in [0.1, 0.15) is 19.4 Å². The molecule has 0 aliphatic carbocycles. The fraction of sp³-hybridized carbons (Fsp3) is 0.222. The van der Waals surface area contributed by atoms with Gasteiger partial charge in [0.1, 0.15) is 12.1 Å². The molecule has 0 spiro atoms. The number of ether oxygens (including phenoxy) is 1. The third-order valence-electron chi connectivity index (χ3n) is 3.44. The summed E-state index contributed by atoms with van der Waals surface area (Å²) in [4.78, 5) is 27.1. The Hall–Kier alpha value is -3.26. The van der Waals surface area contributed by atoms with Crippen LogP contribution in [0.3, 0.4) is 0 Å². The van der Waals surface area contributed by atoms with Crippen molar-refractivity contribution in [2.45, 2.75) is 19.4 Å². The summed E-state index contributed by atoms with van der Waals surface area (Å²) in [5.74, 6) is -0.119. The highest BCUT2D eigenvalue weighted by Crippen LogP contribution is 2.22. The Labute approximate surface area is 149 Å². The molecule has 3 heterocycles. The van der Waals surface area contributed by atoms with E-state index in [1.54, 1.807) is 44.6 Å². The van der Waals surface area contributed by atoms with Crippen molar-refractivity contribution in [3.8, 4) is 17.1 Å². The zero-order valence-electron chi connectivity index (χ0n) is 14.4. The van der Waals surface area contributed by atoms with E-state index in [2.05, 4.69) is 19.9 Å². The number of rotatable bonds is 6. The number of nitrogens with one attached hydrogen (secondary N) is 1. The van der Waals surface area contributed by atoms with Crippen molar-refractivity contribution in [2.24, 2.45) is 5.73 Å². The van der Waals surface area contributed by atoms with Crippen molar-refractivity contribution >= 4 is 23.1 Å². The van der Waals surface area contributed by atoms with Gasteiger partial charge in [-0.2, -0.15) is 0 Å². The summed E-state index contributed by atoms with van der Waals surface area (Å²) >= 11 is 0. The van der Waals surface area contributed by atoms with Gasteiger partial charge in [0, 0.05) is 35.7 Å². The van der Waals surface area contributed by atoms with Crippen molar-refractivity contribution < 1.29 is 14.6 Å². The minimum absolute atomic E-state index is 0.143. The van der Waals surface area contributed by atoms with Gasteiger partial charge >= 0.3 is 0 Å². The van der Waals surface area contributed by atoms with E-state index in [1.165, 1.54) is 6.08 Å². The average molecular weight is 353 g/mol. The maximum absolute atomic E-state index is 10.9. The number of hydrogen-bond acceptors (Lipinski definition) is 6. The van der Waals surface area contributed by atoms with Crippen LogP contribution < -0.4 is 10.5 Å². The standard InChI is InChI=1S/C18H19N5O3/c1-18(2,25)10-26-15-6-4-11(7-20-15)13-9-22-17-16(23-13)12(8-21-17)3-5-14(19)24/h3-9,25H,10H2,1-2H3,(H2,19,24)(H,21,22)/b5-3+. The van der Waals surface area contributed by atoms with Crippen molar-refractivity contribution in [1.29, 1.82) is 0 Å². The van der Waals surface area contributed by atoms with Crippen LogP contribution in [-0.4, -0.2) is 43.2 Å². The Morgan fingerprint density at radius 2 is 2.15 bits per heavy atom. The normalized spacial score (nSPS) is 12.0. The molecule has 4 N–H and O–H groups in total. The molecule has 8 heteroatoms. The Bertz CT molecular complexity index is 955. The largest absolute Gasteiger partial charge is 0.475 e. The molecule has 0 aromatic carbocycles. The van der Waals surface area contributed by atoms with Gasteiger partial charge in [0.2, 0.25) is 11.8 Å². The molecule has 0 radical (unpaired) electrons. The smallest absolute Gasteiger partial charge is 0.241 e. The second kappa shape index (κ2) is 6.93. The fourth-order valence-electron chi connectivity index (χ4n) is 2.22. The van der Waals surface area contributed by atoms with Gasteiger partial charge in [0.15, 0.2) is 5.65 Å². The molecule has 3 aromatic heterocycles. The van der Waals surface area contributed by atoms with Crippen molar-refractivity contribution in [1.82, 2.24) is 19.9 Å². The summed E-state index contributed by atoms with van der Waals surface area (Å²) in [7, 11) is 0. The molecular formula is C18H19N5O3. The van der Waals surface area contributed by atoms with Gasteiger partial charge in [0.05, 0.1) is 17.5 Å². The Morgan fingerprint density at radius 1 is 1.35 bits per heavy atom. The Kier molecular flexibility index (Phi) is 4.68.